The zero-order valence-electron chi connectivity index (χ0n) is 9.72. The van der Waals surface area contributed by atoms with Crippen molar-refractivity contribution in [3.63, 3.8) is 0 Å². The Labute approximate surface area is 114 Å². The fraction of sp³-hybridized carbons (Fsp3) is 0.364. The average Bonchev–Trinajstić information content (AvgIpc) is 2.71. The molecule has 2 rings (SSSR count). The van der Waals surface area contributed by atoms with Gasteiger partial charge in [-0.15, -0.1) is 11.8 Å². The van der Waals surface area contributed by atoms with Gasteiger partial charge < -0.3 is 4.74 Å². The number of hydrogen-bond acceptors (Lipinski definition) is 5. The minimum Gasteiger partial charge on any atom is -0.443 e. The highest BCUT2D eigenvalue weighted by atomic mass is 32.2. The van der Waals surface area contributed by atoms with Crippen LogP contribution in [0.25, 0.3) is 0 Å². The van der Waals surface area contributed by atoms with E-state index in [-0.39, 0.29) is 11.9 Å². The second-order valence-corrected chi connectivity index (χ2v) is 4.96. The zero-order chi connectivity index (χ0) is 13.1. The van der Waals surface area contributed by atoms with Crippen molar-refractivity contribution in [1.29, 1.82) is 0 Å². The molecule has 0 unspecified atom stereocenters. The number of carbonyl (C=O) groups excluding carboxylic acids is 1. The maximum atomic E-state index is 13.7. The molecule has 0 aromatic heterocycles. The highest BCUT2D eigenvalue weighted by Crippen LogP contribution is 2.27. The molecule has 98 valence electrons. The lowest BCUT2D eigenvalue weighted by Crippen LogP contribution is -2.27. The molecule has 7 heteroatoms. The number of carbonyl (C=O) groups is 1. The van der Waals surface area contributed by atoms with E-state index in [1.807, 2.05) is 0 Å². The van der Waals surface area contributed by atoms with Gasteiger partial charge in [-0.25, -0.2) is 9.18 Å². The Morgan fingerprint density at radius 1 is 1.67 bits per heavy atom. The van der Waals surface area contributed by atoms with E-state index in [0.29, 0.717) is 23.7 Å². The van der Waals surface area contributed by atoms with E-state index in [1.54, 1.807) is 18.4 Å². The molecule has 1 N–H and O–H groups in total. The van der Waals surface area contributed by atoms with Gasteiger partial charge in [0, 0.05) is 11.4 Å². The van der Waals surface area contributed by atoms with Gasteiger partial charge >= 0.3 is 6.09 Å². The molecule has 1 aromatic carbocycles. The number of cyclic esters (lactones) is 1. The fourth-order valence-electron chi connectivity index (χ4n) is 1.76. The summed E-state index contributed by atoms with van der Waals surface area (Å²) >= 11 is 5.19. The second kappa shape index (κ2) is 5.81. The third-order valence-electron chi connectivity index (χ3n) is 2.64. The van der Waals surface area contributed by atoms with E-state index in [1.165, 1.54) is 22.7 Å². The van der Waals surface area contributed by atoms with E-state index in [4.69, 9.17) is 4.74 Å². The van der Waals surface area contributed by atoms with Crippen molar-refractivity contribution in [1.82, 2.24) is 4.72 Å². The topological polar surface area (TPSA) is 41.6 Å². The fourth-order valence-corrected chi connectivity index (χ4v) is 2.43. The normalized spacial score (nSPS) is 19.2. The van der Waals surface area contributed by atoms with Gasteiger partial charge in [0.25, 0.3) is 0 Å². The molecule has 4 nitrogen and oxygen atoms in total. The number of thiol groups is 1. The van der Waals surface area contributed by atoms with Crippen molar-refractivity contribution in [2.75, 3.05) is 24.2 Å². The summed E-state index contributed by atoms with van der Waals surface area (Å²) in [6.07, 6.45) is 1.08. The van der Waals surface area contributed by atoms with Crippen LogP contribution in [0.15, 0.2) is 23.1 Å². The van der Waals surface area contributed by atoms with E-state index in [9.17, 15) is 9.18 Å². The molecule has 1 aliphatic rings. The minimum absolute atomic E-state index is 0.265. The largest absolute Gasteiger partial charge is 0.443 e. The Hall–Kier alpha value is -0.920. The van der Waals surface area contributed by atoms with Crippen LogP contribution in [0.5, 0.6) is 0 Å². The van der Waals surface area contributed by atoms with Crippen LogP contribution in [-0.4, -0.2) is 31.5 Å². The molecular weight excluding hydrogens is 275 g/mol. The summed E-state index contributed by atoms with van der Waals surface area (Å²) in [5.74, 6) is -0.330. The van der Waals surface area contributed by atoms with Crippen LogP contribution < -0.4 is 9.62 Å². The molecule has 1 fully saturated rings. The maximum Gasteiger partial charge on any atom is 0.414 e. The van der Waals surface area contributed by atoms with Crippen LogP contribution in [0.1, 0.15) is 0 Å². The highest BCUT2D eigenvalue weighted by molar-refractivity contribution is 7.98. The van der Waals surface area contributed by atoms with Crippen molar-refractivity contribution in [3.8, 4) is 0 Å². The van der Waals surface area contributed by atoms with E-state index >= 15 is 0 Å². The first kappa shape index (κ1) is 13.5. The average molecular weight is 288 g/mol. The van der Waals surface area contributed by atoms with Crippen molar-refractivity contribution in [2.24, 2.45) is 0 Å². The molecule has 0 saturated carbocycles. The third kappa shape index (κ3) is 2.73. The number of amides is 1. The van der Waals surface area contributed by atoms with Gasteiger partial charge in [-0.1, -0.05) is 12.8 Å². The minimum atomic E-state index is -0.458. The summed E-state index contributed by atoms with van der Waals surface area (Å²) in [5.41, 5.74) is 0.511. The Bertz CT molecular complexity index is 459. The van der Waals surface area contributed by atoms with Gasteiger partial charge in [0.1, 0.15) is 11.9 Å². The molecule has 1 aliphatic heterocycles. The first-order valence-corrected chi connectivity index (χ1v) is 7.01. The van der Waals surface area contributed by atoms with Gasteiger partial charge in [-0.3, -0.25) is 9.62 Å². The molecule has 0 spiro atoms. The van der Waals surface area contributed by atoms with Gasteiger partial charge in [-0.05, 0) is 24.5 Å². The van der Waals surface area contributed by atoms with Gasteiger partial charge in [0.05, 0.1) is 12.2 Å². The molecule has 1 saturated heterocycles. The van der Waals surface area contributed by atoms with Crippen LogP contribution in [0.3, 0.4) is 0 Å². The Balaban J connectivity index is 2.17. The quantitative estimate of drug-likeness (QED) is 0.659. The molecule has 1 heterocycles. The number of benzene rings is 1. The number of ether oxygens (including phenoxy) is 1. The van der Waals surface area contributed by atoms with E-state index in [0.717, 1.165) is 0 Å². The first-order valence-electron chi connectivity index (χ1n) is 5.34. The summed E-state index contributed by atoms with van der Waals surface area (Å²) in [5, 5.41) is 0. The number of nitrogens with zero attached hydrogens (tertiary/aromatic N) is 1. The molecule has 0 bridgehead atoms. The standard InChI is InChI=1S/C11H13FN2O2S2/c1-18-10-3-2-7(4-9(10)12)14-6-8(5-13-17)16-11(14)15/h2-4,8,13,17H,5-6H2,1H3/t8-/m1/s1. The van der Waals surface area contributed by atoms with E-state index in [2.05, 4.69) is 17.5 Å². The highest BCUT2D eigenvalue weighted by Gasteiger charge is 2.32. The van der Waals surface area contributed by atoms with Crippen LogP contribution >= 0.6 is 24.6 Å². The molecular formula is C11H13FN2O2S2. The predicted octanol–water partition coefficient (Wildman–Crippen LogP) is 2.31. The summed E-state index contributed by atoms with van der Waals surface area (Å²) in [6.45, 7) is 0.848. The van der Waals surface area contributed by atoms with Gasteiger partial charge in [-0.2, -0.15) is 0 Å². The lowest BCUT2D eigenvalue weighted by molar-refractivity contribution is 0.143. The summed E-state index contributed by atoms with van der Waals surface area (Å²) in [6, 6.07) is 4.73. The lowest BCUT2D eigenvalue weighted by atomic mass is 10.2. The van der Waals surface area contributed by atoms with Crippen LogP contribution in [0, 0.1) is 5.82 Å². The van der Waals surface area contributed by atoms with E-state index < -0.39 is 6.09 Å². The SMILES string of the molecule is CSc1ccc(N2C[C@@H](CNS)OC2=O)cc1F. The molecule has 0 radical (unpaired) electrons. The summed E-state index contributed by atoms with van der Waals surface area (Å²) in [4.78, 5) is 13.6. The maximum absolute atomic E-state index is 13.7. The van der Waals surface area contributed by atoms with Crippen LogP contribution in [-0.2, 0) is 4.74 Å². The third-order valence-corrected chi connectivity index (χ3v) is 3.59. The van der Waals surface area contributed by atoms with Crippen molar-refractivity contribution in [3.05, 3.63) is 24.0 Å². The first-order chi connectivity index (χ1) is 8.65. The Morgan fingerprint density at radius 2 is 2.44 bits per heavy atom. The van der Waals surface area contributed by atoms with Crippen molar-refractivity contribution < 1.29 is 13.9 Å². The van der Waals surface area contributed by atoms with Gasteiger partial charge in [0.2, 0.25) is 0 Å². The zero-order valence-corrected chi connectivity index (χ0v) is 11.4. The molecule has 1 aromatic rings. The number of halogens is 1. The van der Waals surface area contributed by atoms with Crippen molar-refractivity contribution in [2.45, 2.75) is 11.0 Å². The summed E-state index contributed by atoms with van der Waals surface area (Å²) < 4.78 is 21.4. The Kier molecular flexibility index (Phi) is 4.36. The number of hydrogen-bond donors (Lipinski definition) is 2. The molecule has 1 atom stereocenters. The monoisotopic (exact) mass is 288 g/mol. The van der Waals surface area contributed by atoms with Crippen molar-refractivity contribution >= 4 is 36.4 Å². The molecule has 1 amide bonds. The Morgan fingerprint density at radius 3 is 3.06 bits per heavy atom. The summed E-state index contributed by atoms with van der Waals surface area (Å²) in [7, 11) is 0. The number of anilines is 1. The smallest absolute Gasteiger partial charge is 0.414 e. The number of thioether (sulfide) groups is 1. The number of nitrogens with one attached hydrogen (secondary N) is 1. The lowest BCUT2D eigenvalue weighted by Gasteiger charge is -2.13. The predicted molar refractivity (Wildman–Crippen MR) is 72.8 cm³/mol. The number of rotatable bonds is 4. The van der Waals surface area contributed by atoms with Gasteiger partial charge in [0.15, 0.2) is 0 Å². The van der Waals surface area contributed by atoms with Crippen LogP contribution in [0.4, 0.5) is 14.9 Å². The molecule has 18 heavy (non-hydrogen) atoms. The van der Waals surface area contributed by atoms with Crippen LogP contribution in [0.2, 0.25) is 0 Å². The molecule has 0 aliphatic carbocycles. The second-order valence-electron chi connectivity index (χ2n) is 3.80.